The molecule has 19 heavy (non-hydrogen) atoms. The lowest BCUT2D eigenvalue weighted by molar-refractivity contribution is -0.134. The Labute approximate surface area is 120 Å². The van der Waals surface area contributed by atoms with E-state index in [1.54, 1.807) is 0 Å². The first kappa shape index (κ1) is 17.2. The minimum atomic E-state index is -4.28. The molecular formula is C11H19BrF3NO2S. The fourth-order valence-electron chi connectivity index (χ4n) is 2.25. The molecule has 0 saturated carbocycles. The van der Waals surface area contributed by atoms with Crippen LogP contribution in [0.2, 0.25) is 0 Å². The van der Waals surface area contributed by atoms with Crippen LogP contribution in [0, 0.1) is 5.92 Å². The molecule has 8 heteroatoms. The highest BCUT2D eigenvalue weighted by atomic mass is 79.9. The second-order valence-electron chi connectivity index (χ2n) is 4.88. The lowest BCUT2D eigenvalue weighted by Gasteiger charge is -2.31. The van der Waals surface area contributed by atoms with Gasteiger partial charge < -0.3 is 0 Å². The first-order valence-electron chi connectivity index (χ1n) is 6.35. The van der Waals surface area contributed by atoms with Gasteiger partial charge in [-0.2, -0.15) is 13.2 Å². The summed E-state index contributed by atoms with van der Waals surface area (Å²) in [6.45, 7) is 0.882. The fourth-order valence-corrected chi connectivity index (χ4v) is 4.51. The molecule has 1 saturated heterocycles. The zero-order chi connectivity index (χ0) is 14.5. The Balaban J connectivity index is 2.47. The third kappa shape index (κ3) is 6.44. The predicted molar refractivity (Wildman–Crippen MR) is 71.8 cm³/mol. The number of hydrogen-bond acceptors (Lipinski definition) is 2. The number of hydrogen-bond donors (Lipinski definition) is 0. The standard InChI is InChI=1S/C11H19BrF3NO2S/c12-6-4-10-3-1-7-16(9-10)19(17,18)8-2-5-11(13,14)15/h10H,1-9H2. The van der Waals surface area contributed by atoms with E-state index < -0.39 is 28.4 Å². The summed E-state index contributed by atoms with van der Waals surface area (Å²) in [5.41, 5.74) is 0. The number of rotatable bonds is 6. The van der Waals surface area contributed by atoms with Crippen LogP contribution >= 0.6 is 15.9 Å². The highest BCUT2D eigenvalue weighted by Crippen LogP contribution is 2.25. The summed E-state index contributed by atoms with van der Waals surface area (Å²) < 4.78 is 61.4. The van der Waals surface area contributed by atoms with Crippen molar-refractivity contribution in [2.45, 2.75) is 38.3 Å². The van der Waals surface area contributed by atoms with Crippen molar-refractivity contribution >= 4 is 26.0 Å². The molecule has 1 aliphatic heterocycles. The summed E-state index contributed by atoms with van der Waals surface area (Å²) in [5.74, 6) is -0.0985. The molecule has 1 rings (SSSR count). The van der Waals surface area contributed by atoms with Crippen molar-refractivity contribution in [2.24, 2.45) is 5.92 Å². The molecule has 0 aliphatic carbocycles. The van der Waals surface area contributed by atoms with E-state index in [9.17, 15) is 21.6 Å². The minimum Gasteiger partial charge on any atom is -0.212 e. The molecule has 0 aromatic carbocycles. The van der Waals surface area contributed by atoms with E-state index in [-0.39, 0.29) is 6.42 Å². The van der Waals surface area contributed by atoms with E-state index in [0.717, 1.165) is 24.6 Å². The molecule has 1 fully saturated rings. The molecule has 0 aromatic heterocycles. The Morgan fingerprint density at radius 2 is 2.00 bits per heavy atom. The Morgan fingerprint density at radius 3 is 2.58 bits per heavy atom. The summed E-state index contributed by atoms with van der Waals surface area (Å²) in [5, 5.41) is 0.819. The zero-order valence-corrected chi connectivity index (χ0v) is 13.0. The monoisotopic (exact) mass is 365 g/mol. The number of sulfonamides is 1. The zero-order valence-electron chi connectivity index (χ0n) is 10.6. The molecule has 114 valence electrons. The Kier molecular flexibility index (Phi) is 6.59. The smallest absolute Gasteiger partial charge is 0.212 e. The molecule has 0 radical (unpaired) electrons. The maximum atomic E-state index is 12.0. The maximum Gasteiger partial charge on any atom is 0.389 e. The van der Waals surface area contributed by atoms with Crippen molar-refractivity contribution in [2.75, 3.05) is 24.2 Å². The molecular weight excluding hydrogens is 347 g/mol. The van der Waals surface area contributed by atoms with Gasteiger partial charge >= 0.3 is 6.18 Å². The SMILES string of the molecule is O=S(=O)(CCCC(F)(F)F)N1CCCC(CCBr)C1. The van der Waals surface area contributed by atoms with Crippen LogP contribution < -0.4 is 0 Å². The molecule has 1 heterocycles. The minimum absolute atomic E-state index is 0.311. The van der Waals surface area contributed by atoms with Gasteiger partial charge in [-0.15, -0.1) is 0 Å². The average molecular weight is 366 g/mol. The summed E-state index contributed by atoms with van der Waals surface area (Å²) >= 11 is 3.33. The number of piperidine rings is 1. The number of alkyl halides is 4. The number of halogens is 4. The molecule has 0 aromatic rings. The normalized spacial score (nSPS) is 22.6. The molecule has 0 amide bonds. The van der Waals surface area contributed by atoms with Crippen molar-refractivity contribution < 1.29 is 21.6 Å². The maximum absolute atomic E-state index is 12.0. The van der Waals surface area contributed by atoms with E-state index >= 15 is 0 Å². The van der Waals surface area contributed by atoms with Crippen LogP contribution in [0.3, 0.4) is 0 Å². The van der Waals surface area contributed by atoms with Crippen LogP contribution in [0.4, 0.5) is 13.2 Å². The molecule has 1 unspecified atom stereocenters. The van der Waals surface area contributed by atoms with E-state index in [2.05, 4.69) is 15.9 Å². The van der Waals surface area contributed by atoms with Gasteiger partial charge in [0.25, 0.3) is 0 Å². The van der Waals surface area contributed by atoms with E-state index in [0.29, 0.717) is 19.0 Å². The third-order valence-electron chi connectivity index (χ3n) is 3.26. The largest absolute Gasteiger partial charge is 0.389 e. The van der Waals surface area contributed by atoms with Gasteiger partial charge in [0.2, 0.25) is 10.0 Å². The van der Waals surface area contributed by atoms with E-state index in [1.165, 1.54) is 4.31 Å². The molecule has 0 N–H and O–H groups in total. The van der Waals surface area contributed by atoms with Crippen molar-refractivity contribution in [1.29, 1.82) is 0 Å². The predicted octanol–water partition coefficient (Wildman–Crippen LogP) is 3.16. The van der Waals surface area contributed by atoms with Crippen molar-refractivity contribution in [1.82, 2.24) is 4.31 Å². The van der Waals surface area contributed by atoms with Crippen LogP contribution in [0.5, 0.6) is 0 Å². The fraction of sp³-hybridized carbons (Fsp3) is 1.00. The summed E-state index contributed by atoms with van der Waals surface area (Å²) in [6, 6.07) is 0. The first-order valence-corrected chi connectivity index (χ1v) is 9.08. The van der Waals surface area contributed by atoms with Gasteiger partial charge in [-0.25, -0.2) is 12.7 Å². The van der Waals surface area contributed by atoms with E-state index in [4.69, 9.17) is 0 Å². The van der Waals surface area contributed by atoms with Gasteiger partial charge in [0, 0.05) is 24.8 Å². The summed E-state index contributed by atoms with van der Waals surface area (Å²) in [7, 11) is -3.54. The van der Waals surface area contributed by atoms with Gasteiger partial charge in [0.1, 0.15) is 0 Å². The summed E-state index contributed by atoms with van der Waals surface area (Å²) in [4.78, 5) is 0. The van der Waals surface area contributed by atoms with Crippen molar-refractivity contribution in [3.8, 4) is 0 Å². The number of nitrogens with zero attached hydrogens (tertiary/aromatic N) is 1. The third-order valence-corrected chi connectivity index (χ3v) is 5.64. The Bertz CT molecular complexity index is 371. The lowest BCUT2D eigenvalue weighted by Crippen LogP contribution is -2.41. The van der Waals surface area contributed by atoms with Gasteiger partial charge in [-0.3, -0.25) is 0 Å². The molecule has 0 spiro atoms. The molecule has 1 aliphatic rings. The van der Waals surface area contributed by atoms with Gasteiger partial charge in [-0.1, -0.05) is 15.9 Å². The quantitative estimate of drug-likeness (QED) is 0.678. The lowest BCUT2D eigenvalue weighted by atomic mass is 9.97. The Hall–Kier alpha value is 0.180. The highest BCUT2D eigenvalue weighted by Gasteiger charge is 2.31. The molecule has 0 bridgehead atoms. The second-order valence-corrected chi connectivity index (χ2v) is 7.76. The molecule has 1 atom stereocenters. The summed E-state index contributed by atoms with van der Waals surface area (Å²) in [6.07, 6.45) is -3.00. The van der Waals surface area contributed by atoms with E-state index in [1.807, 2.05) is 0 Å². The Morgan fingerprint density at radius 1 is 1.32 bits per heavy atom. The van der Waals surface area contributed by atoms with Gasteiger partial charge in [0.05, 0.1) is 5.75 Å². The van der Waals surface area contributed by atoms with Gasteiger partial charge in [-0.05, 0) is 31.6 Å². The van der Waals surface area contributed by atoms with Crippen LogP contribution in [0.25, 0.3) is 0 Å². The van der Waals surface area contributed by atoms with Gasteiger partial charge in [0.15, 0.2) is 0 Å². The molecule has 3 nitrogen and oxygen atoms in total. The second kappa shape index (κ2) is 7.26. The average Bonchev–Trinajstić information content (AvgIpc) is 2.28. The van der Waals surface area contributed by atoms with Crippen LogP contribution in [0.15, 0.2) is 0 Å². The van der Waals surface area contributed by atoms with Crippen molar-refractivity contribution in [3.05, 3.63) is 0 Å². The van der Waals surface area contributed by atoms with Crippen LogP contribution in [-0.2, 0) is 10.0 Å². The first-order chi connectivity index (χ1) is 8.74. The highest BCUT2D eigenvalue weighted by molar-refractivity contribution is 9.09. The van der Waals surface area contributed by atoms with Crippen LogP contribution in [0.1, 0.15) is 32.1 Å². The van der Waals surface area contributed by atoms with Crippen LogP contribution in [-0.4, -0.2) is 43.1 Å². The van der Waals surface area contributed by atoms with Crippen molar-refractivity contribution in [3.63, 3.8) is 0 Å². The topological polar surface area (TPSA) is 37.4 Å².